The van der Waals surface area contributed by atoms with Crippen molar-refractivity contribution in [2.75, 3.05) is 12.8 Å². The predicted molar refractivity (Wildman–Crippen MR) is 80.0 cm³/mol. The van der Waals surface area contributed by atoms with Crippen LogP contribution in [0.15, 0.2) is 18.2 Å². The Morgan fingerprint density at radius 2 is 2.10 bits per heavy atom. The van der Waals surface area contributed by atoms with Crippen molar-refractivity contribution in [3.05, 3.63) is 18.2 Å². The van der Waals surface area contributed by atoms with Gasteiger partial charge in [-0.05, 0) is 32.4 Å². The van der Waals surface area contributed by atoms with E-state index in [0.717, 1.165) is 12.8 Å². The molecule has 0 bridgehead atoms. The standard InChI is InChI=1S/C15H24N2O3/c1-5-6-10(2)17-15(18)11(3)20-14-8-7-12(19-4)9-13(14)16/h7-11H,5-6,16H2,1-4H3,(H,17,18). The van der Waals surface area contributed by atoms with Crippen LogP contribution in [0, 0.1) is 0 Å². The molecule has 0 aliphatic carbocycles. The Morgan fingerprint density at radius 1 is 1.40 bits per heavy atom. The third-order valence-corrected chi connectivity index (χ3v) is 3.00. The van der Waals surface area contributed by atoms with Crippen LogP contribution in [0.4, 0.5) is 5.69 Å². The average molecular weight is 280 g/mol. The van der Waals surface area contributed by atoms with E-state index in [2.05, 4.69) is 12.2 Å². The van der Waals surface area contributed by atoms with Gasteiger partial charge >= 0.3 is 0 Å². The first-order valence-corrected chi connectivity index (χ1v) is 6.88. The SMILES string of the molecule is CCCC(C)NC(=O)C(C)Oc1ccc(OC)cc1N. The zero-order chi connectivity index (χ0) is 15.1. The summed E-state index contributed by atoms with van der Waals surface area (Å²) in [6.07, 6.45) is 1.38. The number of anilines is 1. The average Bonchev–Trinajstić information content (AvgIpc) is 2.41. The summed E-state index contributed by atoms with van der Waals surface area (Å²) < 4.78 is 10.7. The predicted octanol–water partition coefficient (Wildman–Crippen LogP) is 2.35. The van der Waals surface area contributed by atoms with Gasteiger partial charge < -0.3 is 20.5 Å². The van der Waals surface area contributed by atoms with Crippen molar-refractivity contribution in [1.29, 1.82) is 0 Å². The minimum atomic E-state index is -0.593. The van der Waals surface area contributed by atoms with Gasteiger partial charge in [-0.2, -0.15) is 0 Å². The first-order chi connectivity index (χ1) is 9.47. The molecule has 1 aromatic rings. The maximum atomic E-state index is 12.0. The van der Waals surface area contributed by atoms with E-state index in [1.165, 1.54) is 0 Å². The van der Waals surface area contributed by atoms with Crippen LogP contribution in [-0.2, 0) is 4.79 Å². The van der Waals surface area contributed by atoms with E-state index in [-0.39, 0.29) is 11.9 Å². The number of nitrogens with two attached hydrogens (primary N) is 1. The highest BCUT2D eigenvalue weighted by Gasteiger charge is 2.17. The van der Waals surface area contributed by atoms with Crippen LogP contribution in [0.2, 0.25) is 0 Å². The maximum absolute atomic E-state index is 12.0. The van der Waals surface area contributed by atoms with Crippen molar-refractivity contribution < 1.29 is 14.3 Å². The number of carbonyl (C=O) groups excluding carboxylic acids is 1. The summed E-state index contributed by atoms with van der Waals surface area (Å²) in [5, 5.41) is 2.91. The van der Waals surface area contributed by atoms with Crippen LogP contribution < -0.4 is 20.5 Å². The zero-order valence-electron chi connectivity index (χ0n) is 12.6. The molecule has 1 rings (SSSR count). The summed E-state index contributed by atoms with van der Waals surface area (Å²) >= 11 is 0. The molecule has 3 N–H and O–H groups in total. The minimum Gasteiger partial charge on any atom is -0.497 e. The number of ether oxygens (including phenoxy) is 2. The summed E-state index contributed by atoms with van der Waals surface area (Å²) in [6.45, 7) is 5.77. The van der Waals surface area contributed by atoms with Gasteiger partial charge in [-0.1, -0.05) is 13.3 Å². The first-order valence-electron chi connectivity index (χ1n) is 6.88. The van der Waals surface area contributed by atoms with Gasteiger partial charge in [0.2, 0.25) is 0 Å². The lowest BCUT2D eigenvalue weighted by Crippen LogP contribution is -2.41. The third-order valence-electron chi connectivity index (χ3n) is 3.00. The van der Waals surface area contributed by atoms with E-state index < -0.39 is 6.10 Å². The Bertz CT molecular complexity index is 449. The molecular formula is C15H24N2O3. The largest absolute Gasteiger partial charge is 0.497 e. The summed E-state index contributed by atoms with van der Waals surface area (Å²) in [5.41, 5.74) is 6.31. The van der Waals surface area contributed by atoms with Crippen LogP contribution >= 0.6 is 0 Å². The fourth-order valence-electron chi connectivity index (χ4n) is 1.87. The lowest BCUT2D eigenvalue weighted by molar-refractivity contribution is -0.127. The maximum Gasteiger partial charge on any atom is 0.260 e. The molecule has 0 saturated heterocycles. The molecule has 0 aliphatic heterocycles. The van der Waals surface area contributed by atoms with E-state index in [4.69, 9.17) is 15.2 Å². The number of nitrogen functional groups attached to an aromatic ring is 1. The van der Waals surface area contributed by atoms with Gasteiger partial charge in [0.25, 0.3) is 5.91 Å². The van der Waals surface area contributed by atoms with Gasteiger partial charge in [-0.15, -0.1) is 0 Å². The fraction of sp³-hybridized carbons (Fsp3) is 0.533. The monoisotopic (exact) mass is 280 g/mol. The van der Waals surface area contributed by atoms with Crippen molar-refractivity contribution in [2.45, 2.75) is 45.8 Å². The summed E-state index contributed by atoms with van der Waals surface area (Å²) in [5.74, 6) is 1.00. The quantitative estimate of drug-likeness (QED) is 0.752. The van der Waals surface area contributed by atoms with Crippen molar-refractivity contribution in [3.8, 4) is 11.5 Å². The molecule has 0 aliphatic rings. The summed E-state index contributed by atoms with van der Waals surface area (Å²) in [6, 6.07) is 5.26. The number of nitrogens with one attached hydrogen (secondary N) is 1. The molecule has 0 radical (unpaired) electrons. The Morgan fingerprint density at radius 3 is 2.65 bits per heavy atom. The second-order valence-electron chi connectivity index (χ2n) is 4.86. The van der Waals surface area contributed by atoms with Crippen LogP contribution in [-0.4, -0.2) is 25.2 Å². The number of hydrogen-bond acceptors (Lipinski definition) is 4. The highest BCUT2D eigenvalue weighted by atomic mass is 16.5. The number of amides is 1. The van der Waals surface area contributed by atoms with Crippen molar-refractivity contribution >= 4 is 11.6 Å². The molecule has 0 fully saturated rings. The number of hydrogen-bond donors (Lipinski definition) is 2. The number of benzene rings is 1. The zero-order valence-corrected chi connectivity index (χ0v) is 12.6. The van der Waals surface area contributed by atoms with E-state index in [1.54, 1.807) is 32.2 Å². The van der Waals surface area contributed by atoms with Crippen molar-refractivity contribution in [3.63, 3.8) is 0 Å². The smallest absolute Gasteiger partial charge is 0.260 e. The van der Waals surface area contributed by atoms with Gasteiger partial charge in [0.1, 0.15) is 11.5 Å². The van der Waals surface area contributed by atoms with Gasteiger partial charge in [-0.25, -0.2) is 0 Å². The van der Waals surface area contributed by atoms with Gasteiger partial charge in [0.15, 0.2) is 6.10 Å². The molecule has 20 heavy (non-hydrogen) atoms. The number of rotatable bonds is 7. The topological polar surface area (TPSA) is 73.6 Å². The van der Waals surface area contributed by atoms with Crippen LogP contribution in [0.5, 0.6) is 11.5 Å². The molecular weight excluding hydrogens is 256 g/mol. The molecule has 112 valence electrons. The second kappa shape index (κ2) is 7.62. The second-order valence-corrected chi connectivity index (χ2v) is 4.86. The van der Waals surface area contributed by atoms with Crippen LogP contribution in [0.25, 0.3) is 0 Å². The third kappa shape index (κ3) is 4.64. The molecule has 0 heterocycles. The Kier molecular flexibility index (Phi) is 6.15. The van der Waals surface area contributed by atoms with Gasteiger partial charge in [0, 0.05) is 12.1 Å². The van der Waals surface area contributed by atoms with Gasteiger partial charge in [-0.3, -0.25) is 4.79 Å². The normalized spacial score (nSPS) is 13.4. The van der Waals surface area contributed by atoms with Crippen LogP contribution in [0.3, 0.4) is 0 Å². The van der Waals surface area contributed by atoms with E-state index in [1.807, 2.05) is 6.92 Å². The number of carbonyl (C=O) groups is 1. The molecule has 5 heteroatoms. The Labute approximate surface area is 120 Å². The lowest BCUT2D eigenvalue weighted by Gasteiger charge is -2.19. The Hall–Kier alpha value is -1.91. The van der Waals surface area contributed by atoms with Gasteiger partial charge in [0.05, 0.1) is 12.8 Å². The first kappa shape index (κ1) is 16.1. The molecule has 1 aromatic carbocycles. The molecule has 5 nitrogen and oxygen atoms in total. The fourth-order valence-corrected chi connectivity index (χ4v) is 1.87. The summed E-state index contributed by atoms with van der Waals surface area (Å²) in [4.78, 5) is 12.0. The number of methoxy groups -OCH3 is 1. The van der Waals surface area contributed by atoms with Crippen LogP contribution in [0.1, 0.15) is 33.6 Å². The molecule has 1 amide bonds. The molecule has 0 spiro atoms. The van der Waals surface area contributed by atoms with Crippen molar-refractivity contribution in [2.24, 2.45) is 0 Å². The van der Waals surface area contributed by atoms with E-state index in [0.29, 0.717) is 17.2 Å². The summed E-state index contributed by atoms with van der Waals surface area (Å²) in [7, 11) is 1.57. The molecule has 0 saturated carbocycles. The molecule has 2 atom stereocenters. The highest BCUT2D eigenvalue weighted by Crippen LogP contribution is 2.27. The highest BCUT2D eigenvalue weighted by molar-refractivity contribution is 5.81. The lowest BCUT2D eigenvalue weighted by atomic mass is 10.2. The molecule has 0 aromatic heterocycles. The minimum absolute atomic E-state index is 0.138. The molecule has 2 unspecified atom stereocenters. The van der Waals surface area contributed by atoms with E-state index >= 15 is 0 Å². The van der Waals surface area contributed by atoms with Crippen molar-refractivity contribution in [1.82, 2.24) is 5.32 Å². The van der Waals surface area contributed by atoms with E-state index in [9.17, 15) is 4.79 Å². The Balaban J connectivity index is 2.61.